The minimum Gasteiger partial charge on any atom is -0.493 e. The molecule has 0 unspecified atom stereocenters. The number of rotatable bonds is 5. The van der Waals surface area contributed by atoms with E-state index in [2.05, 4.69) is 6.92 Å². The van der Waals surface area contributed by atoms with Gasteiger partial charge in [0, 0.05) is 16.1 Å². The van der Waals surface area contributed by atoms with Gasteiger partial charge in [0.2, 0.25) is 0 Å². The summed E-state index contributed by atoms with van der Waals surface area (Å²) in [6.07, 6.45) is 0.963. The molecule has 0 aromatic heterocycles. The number of halogens is 1. The first kappa shape index (κ1) is 19.2. The van der Waals surface area contributed by atoms with Crippen molar-refractivity contribution >= 4 is 17.4 Å². The van der Waals surface area contributed by atoms with Crippen molar-refractivity contribution in [1.29, 1.82) is 0 Å². The maximum atomic E-state index is 11.5. The van der Waals surface area contributed by atoms with E-state index in [1.165, 1.54) is 0 Å². The lowest BCUT2D eigenvalue weighted by molar-refractivity contribution is 0.101. The van der Waals surface area contributed by atoms with Crippen molar-refractivity contribution in [3.8, 4) is 16.9 Å². The monoisotopic (exact) mass is 332 g/mol. The van der Waals surface area contributed by atoms with Gasteiger partial charge in [-0.25, -0.2) is 0 Å². The van der Waals surface area contributed by atoms with Crippen LogP contribution in [0.15, 0.2) is 36.4 Å². The number of benzene rings is 2. The zero-order valence-corrected chi connectivity index (χ0v) is 15.3. The second kappa shape index (κ2) is 9.36. The number of hydrogen-bond acceptors (Lipinski definition) is 2. The van der Waals surface area contributed by atoms with Crippen molar-refractivity contribution in [2.45, 2.75) is 41.0 Å². The molecule has 0 amide bonds. The second-order valence-corrected chi connectivity index (χ2v) is 5.49. The van der Waals surface area contributed by atoms with E-state index in [1.54, 1.807) is 19.1 Å². The molecule has 2 aromatic carbocycles. The Bertz CT molecular complexity index is 663. The quantitative estimate of drug-likeness (QED) is 0.598. The first-order chi connectivity index (χ1) is 11.0. The van der Waals surface area contributed by atoms with Gasteiger partial charge >= 0.3 is 0 Å². The maximum absolute atomic E-state index is 11.5. The molecular formula is C20H25ClO2. The van der Waals surface area contributed by atoms with E-state index < -0.39 is 0 Å². The lowest BCUT2D eigenvalue weighted by atomic mass is 10.00. The Morgan fingerprint density at radius 1 is 1.13 bits per heavy atom. The molecule has 2 rings (SSSR count). The van der Waals surface area contributed by atoms with Crippen LogP contribution in [0.3, 0.4) is 0 Å². The summed E-state index contributed by atoms with van der Waals surface area (Å²) >= 11 is 6.28. The Morgan fingerprint density at radius 2 is 1.83 bits per heavy atom. The fourth-order valence-electron chi connectivity index (χ4n) is 2.10. The van der Waals surface area contributed by atoms with Gasteiger partial charge in [-0.3, -0.25) is 4.79 Å². The van der Waals surface area contributed by atoms with E-state index in [0.717, 1.165) is 28.9 Å². The molecule has 0 saturated heterocycles. The Hall–Kier alpha value is -1.80. The molecule has 0 heterocycles. The molecule has 3 heteroatoms. The highest BCUT2D eigenvalue weighted by Crippen LogP contribution is 2.32. The van der Waals surface area contributed by atoms with Crippen molar-refractivity contribution in [2.24, 2.45) is 0 Å². The summed E-state index contributed by atoms with van der Waals surface area (Å²) in [6, 6.07) is 11.3. The molecule has 23 heavy (non-hydrogen) atoms. The number of ketones is 1. The van der Waals surface area contributed by atoms with Gasteiger partial charge in [0.1, 0.15) is 5.75 Å². The number of carbonyl (C=O) groups is 1. The van der Waals surface area contributed by atoms with Crippen LogP contribution in [-0.2, 0) is 0 Å². The molecule has 0 atom stereocenters. The number of carbonyl (C=O) groups excluding carboxylic acids is 1. The molecule has 0 aliphatic rings. The largest absolute Gasteiger partial charge is 0.493 e. The third kappa shape index (κ3) is 5.11. The number of hydrogen-bond donors (Lipinski definition) is 0. The molecular weight excluding hydrogens is 308 g/mol. The molecule has 0 fully saturated rings. The third-order valence-electron chi connectivity index (χ3n) is 3.33. The van der Waals surface area contributed by atoms with Gasteiger partial charge in [-0.2, -0.15) is 0 Å². The molecule has 0 saturated carbocycles. The van der Waals surface area contributed by atoms with Gasteiger partial charge in [0.15, 0.2) is 5.78 Å². The summed E-state index contributed by atoms with van der Waals surface area (Å²) in [6.45, 7) is 10.3. The number of Topliss-reactive ketones (excluding diaryl/α,β-unsaturated/α-hetero) is 1. The highest BCUT2D eigenvalue weighted by Gasteiger charge is 2.09. The van der Waals surface area contributed by atoms with E-state index in [0.29, 0.717) is 17.2 Å². The van der Waals surface area contributed by atoms with Gasteiger partial charge in [0.25, 0.3) is 0 Å². The average molecular weight is 333 g/mol. The van der Waals surface area contributed by atoms with Crippen LogP contribution in [0, 0.1) is 6.92 Å². The molecule has 124 valence electrons. The van der Waals surface area contributed by atoms with E-state index in [1.807, 2.05) is 45.0 Å². The zero-order chi connectivity index (χ0) is 17.4. The molecule has 2 nitrogen and oxygen atoms in total. The molecule has 0 aliphatic carbocycles. The zero-order valence-electron chi connectivity index (χ0n) is 14.6. The van der Waals surface area contributed by atoms with Gasteiger partial charge in [0.05, 0.1) is 6.61 Å². The van der Waals surface area contributed by atoms with Crippen LogP contribution >= 0.6 is 11.6 Å². The van der Waals surface area contributed by atoms with E-state index in [9.17, 15) is 4.79 Å². The SMILES string of the molecule is CC.CCCOc1cc(-c2cc(C(C)=O)ccc2Cl)ccc1C. The van der Waals surface area contributed by atoms with E-state index in [4.69, 9.17) is 16.3 Å². The van der Waals surface area contributed by atoms with E-state index >= 15 is 0 Å². The Kier molecular flexibility index (Phi) is 7.84. The molecule has 0 radical (unpaired) electrons. The highest BCUT2D eigenvalue weighted by atomic mass is 35.5. The number of ether oxygens (including phenoxy) is 1. The van der Waals surface area contributed by atoms with Crippen molar-refractivity contribution in [1.82, 2.24) is 0 Å². The van der Waals surface area contributed by atoms with Crippen LogP contribution in [0.25, 0.3) is 11.1 Å². The van der Waals surface area contributed by atoms with Crippen molar-refractivity contribution in [3.05, 3.63) is 52.5 Å². The average Bonchev–Trinajstić information content (AvgIpc) is 2.56. The predicted octanol–water partition coefficient (Wildman–Crippen LogP) is 6.33. The van der Waals surface area contributed by atoms with Gasteiger partial charge < -0.3 is 4.74 Å². The van der Waals surface area contributed by atoms with Crippen LogP contribution in [0.1, 0.15) is 50.0 Å². The van der Waals surface area contributed by atoms with Crippen molar-refractivity contribution in [2.75, 3.05) is 6.61 Å². The van der Waals surface area contributed by atoms with Crippen LogP contribution in [0.5, 0.6) is 5.75 Å². The Labute approximate surface area is 144 Å². The minimum atomic E-state index is 0.0301. The Balaban J connectivity index is 0.00000127. The van der Waals surface area contributed by atoms with Gasteiger partial charge in [-0.15, -0.1) is 0 Å². The summed E-state index contributed by atoms with van der Waals surface area (Å²) in [5.41, 5.74) is 3.56. The summed E-state index contributed by atoms with van der Waals surface area (Å²) < 4.78 is 5.76. The first-order valence-electron chi connectivity index (χ1n) is 8.07. The van der Waals surface area contributed by atoms with Crippen LogP contribution < -0.4 is 4.74 Å². The predicted molar refractivity (Wildman–Crippen MR) is 98.8 cm³/mol. The fourth-order valence-corrected chi connectivity index (χ4v) is 2.33. The fraction of sp³-hybridized carbons (Fsp3) is 0.350. The highest BCUT2D eigenvalue weighted by molar-refractivity contribution is 6.33. The van der Waals surface area contributed by atoms with Crippen LogP contribution in [-0.4, -0.2) is 12.4 Å². The second-order valence-electron chi connectivity index (χ2n) is 5.08. The lowest BCUT2D eigenvalue weighted by Gasteiger charge is -2.12. The Morgan fingerprint density at radius 3 is 2.43 bits per heavy atom. The van der Waals surface area contributed by atoms with Crippen molar-refractivity contribution < 1.29 is 9.53 Å². The summed E-state index contributed by atoms with van der Waals surface area (Å²) in [4.78, 5) is 11.5. The minimum absolute atomic E-state index is 0.0301. The molecule has 0 bridgehead atoms. The summed E-state index contributed by atoms with van der Waals surface area (Å²) in [5.74, 6) is 0.890. The van der Waals surface area contributed by atoms with E-state index in [-0.39, 0.29) is 5.78 Å². The maximum Gasteiger partial charge on any atom is 0.159 e. The standard InChI is InChI=1S/C18H19ClO2.C2H6/c1-4-9-21-18-11-15(6-5-12(18)2)16-10-14(13(3)20)7-8-17(16)19;1-2/h5-8,10-11H,4,9H2,1-3H3;1-2H3. The van der Waals surface area contributed by atoms with Crippen LogP contribution in [0.4, 0.5) is 0 Å². The molecule has 0 spiro atoms. The molecule has 0 N–H and O–H groups in total. The summed E-state index contributed by atoms with van der Waals surface area (Å²) in [7, 11) is 0. The van der Waals surface area contributed by atoms with Crippen molar-refractivity contribution in [3.63, 3.8) is 0 Å². The van der Waals surface area contributed by atoms with Crippen LogP contribution in [0.2, 0.25) is 5.02 Å². The summed E-state index contributed by atoms with van der Waals surface area (Å²) in [5, 5.41) is 0.630. The smallest absolute Gasteiger partial charge is 0.159 e. The lowest BCUT2D eigenvalue weighted by Crippen LogP contribution is -1.98. The molecule has 0 aliphatic heterocycles. The normalized spacial score (nSPS) is 9.83. The number of aryl methyl sites for hydroxylation is 1. The topological polar surface area (TPSA) is 26.3 Å². The van der Waals surface area contributed by atoms with Gasteiger partial charge in [-0.1, -0.05) is 44.5 Å². The molecule has 2 aromatic rings. The first-order valence-corrected chi connectivity index (χ1v) is 8.45. The third-order valence-corrected chi connectivity index (χ3v) is 3.66. The van der Waals surface area contributed by atoms with Gasteiger partial charge in [-0.05, 0) is 55.7 Å².